The zero-order valence-corrected chi connectivity index (χ0v) is 17.3. The van der Waals surface area contributed by atoms with Crippen LogP contribution in [-0.2, 0) is 4.79 Å². The van der Waals surface area contributed by atoms with Crippen molar-refractivity contribution in [3.63, 3.8) is 0 Å². The van der Waals surface area contributed by atoms with E-state index in [4.69, 9.17) is 10.5 Å². The minimum atomic E-state index is -0.389. The standard InChI is InChI=1S/C19H18N6O.C2H6.CH2O/c1-11-6-8-12(9-7-11)15-10-21-17(20)16(22-15)19(26)23-18-13-4-2-3-5-14(13)24-25-18;2*1-2/h2-10,18,24-25H,1H3,(H2,20,21)(H,23,26);1-2H3;1H2. The van der Waals surface area contributed by atoms with Gasteiger partial charge in [-0.3, -0.25) is 4.79 Å². The molecule has 4 rings (SSSR count). The largest absolute Gasteiger partial charge is 0.382 e. The van der Waals surface area contributed by atoms with E-state index in [2.05, 4.69) is 26.1 Å². The lowest BCUT2D eigenvalue weighted by molar-refractivity contribution is -0.0980. The Morgan fingerprint density at radius 2 is 1.77 bits per heavy atom. The molecule has 2 aromatic carbocycles. The van der Waals surface area contributed by atoms with Crippen molar-refractivity contribution in [2.45, 2.75) is 26.9 Å². The molecule has 1 aliphatic heterocycles. The summed E-state index contributed by atoms with van der Waals surface area (Å²) < 4.78 is 0. The van der Waals surface area contributed by atoms with E-state index < -0.39 is 0 Å². The van der Waals surface area contributed by atoms with Crippen LogP contribution in [0.1, 0.15) is 41.6 Å². The van der Waals surface area contributed by atoms with Gasteiger partial charge in [0.25, 0.3) is 5.91 Å². The molecule has 0 saturated carbocycles. The molecule has 0 fully saturated rings. The number of aromatic nitrogens is 2. The summed E-state index contributed by atoms with van der Waals surface area (Å²) in [5, 5.41) is 2.88. The second kappa shape index (κ2) is 10.7. The van der Waals surface area contributed by atoms with Crippen molar-refractivity contribution >= 4 is 24.2 Å². The van der Waals surface area contributed by atoms with Crippen LogP contribution in [0, 0.1) is 6.92 Å². The minimum absolute atomic E-state index is 0.0950. The van der Waals surface area contributed by atoms with Crippen molar-refractivity contribution in [3.8, 4) is 11.3 Å². The Kier molecular flexibility index (Phi) is 8.01. The normalized spacial score (nSPS) is 13.5. The van der Waals surface area contributed by atoms with Gasteiger partial charge in [0, 0.05) is 11.1 Å². The fourth-order valence-electron chi connectivity index (χ4n) is 2.83. The van der Waals surface area contributed by atoms with E-state index in [1.165, 1.54) is 0 Å². The summed E-state index contributed by atoms with van der Waals surface area (Å²) in [6, 6.07) is 15.6. The van der Waals surface area contributed by atoms with Crippen molar-refractivity contribution in [1.29, 1.82) is 0 Å². The summed E-state index contributed by atoms with van der Waals surface area (Å²) in [6.45, 7) is 8.01. The Bertz CT molecular complexity index is 991. The lowest BCUT2D eigenvalue weighted by Gasteiger charge is -2.14. The van der Waals surface area contributed by atoms with Crippen molar-refractivity contribution in [1.82, 2.24) is 20.7 Å². The predicted molar refractivity (Wildman–Crippen MR) is 118 cm³/mol. The molecule has 3 aromatic rings. The van der Waals surface area contributed by atoms with E-state index in [0.29, 0.717) is 5.69 Å². The third-order valence-corrected chi connectivity index (χ3v) is 4.26. The Labute approximate surface area is 175 Å². The van der Waals surface area contributed by atoms with Crippen LogP contribution in [-0.4, -0.2) is 22.7 Å². The van der Waals surface area contributed by atoms with E-state index in [-0.39, 0.29) is 23.6 Å². The van der Waals surface area contributed by atoms with Crippen LogP contribution < -0.4 is 21.9 Å². The number of hydrogen-bond donors (Lipinski definition) is 4. The van der Waals surface area contributed by atoms with Crippen LogP contribution in [0.4, 0.5) is 11.5 Å². The highest BCUT2D eigenvalue weighted by Gasteiger charge is 2.25. The first-order chi connectivity index (χ1) is 14.6. The van der Waals surface area contributed by atoms with Gasteiger partial charge < -0.3 is 21.3 Å². The monoisotopic (exact) mass is 406 g/mol. The maximum Gasteiger partial charge on any atom is 0.275 e. The van der Waals surface area contributed by atoms with Crippen LogP contribution >= 0.6 is 0 Å². The molecule has 8 nitrogen and oxygen atoms in total. The number of para-hydroxylation sites is 1. The number of anilines is 2. The number of benzene rings is 2. The first kappa shape index (κ1) is 22.5. The number of hydrogen-bond acceptors (Lipinski definition) is 7. The topological polar surface area (TPSA) is 122 Å². The molecule has 1 unspecified atom stereocenters. The van der Waals surface area contributed by atoms with Gasteiger partial charge in [-0.05, 0) is 13.0 Å². The number of nitrogens with zero attached hydrogens (tertiary/aromatic N) is 2. The fourth-order valence-corrected chi connectivity index (χ4v) is 2.83. The zero-order chi connectivity index (χ0) is 22.1. The van der Waals surface area contributed by atoms with Crippen molar-refractivity contribution < 1.29 is 9.59 Å². The smallest absolute Gasteiger partial charge is 0.275 e. The molecule has 0 radical (unpaired) electrons. The highest BCUT2D eigenvalue weighted by molar-refractivity contribution is 5.97. The maximum absolute atomic E-state index is 12.7. The van der Waals surface area contributed by atoms with Gasteiger partial charge >= 0.3 is 0 Å². The molecule has 0 bridgehead atoms. The number of nitrogens with one attached hydrogen (secondary N) is 3. The molecule has 1 amide bonds. The molecule has 1 aromatic heterocycles. The number of rotatable bonds is 3. The summed E-state index contributed by atoms with van der Waals surface area (Å²) in [5.74, 6) is -0.294. The average molecular weight is 406 g/mol. The highest BCUT2D eigenvalue weighted by atomic mass is 16.2. The summed E-state index contributed by atoms with van der Waals surface area (Å²) in [5.41, 5.74) is 16.5. The maximum atomic E-state index is 12.7. The molecular formula is C22H26N6O2. The highest BCUT2D eigenvalue weighted by Crippen LogP contribution is 2.26. The second-order valence-corrected chi connectivity index (χ2v) is 6.12. The molecule has 8 heteroatoms. The van der Waals surface area contributed by atoms with Gasteiger partial charge in [-0.25, -0.2) is 15.4 Å². The number of aryl methyl sites for hydroxylation is 1. The van der Waals surface area contributed by atoms with Gasteiger partial charge in [-0.1, -0.05) is 61.9 Å². The predicted octanol–water partition coefficient (Wildman–Crippen LogP) is 3.23. The Balaban J connectivity index is 0.000000757. The molecule has 0 aliphatic carbocycles. The minimum Gasteiger partial charge on any atom is -0.382 e. The van der Waals surface area contributed by atoms with Gasteiger partial charge in [0.15, 0.2) is 11.5 Å². The number of nitrogen functional groups attached to an aromatic ring is 1. The van der Waals surface area contributed by atoms with E-state index in [0.717, 1.165) is 22.4 Å². The van der Waals surface area contributed by atoms with Crippen LogP contribution in [0.3, 0.4) is 0 Å². The summed E-state index contributed by atoms with van der Waals surface area (Å²) in [7, 11) is 0. The van der Waals surface area contributed by atoms with Crippen molar-refractivity contribution in [3.05, 3.63) is 71.5 Å². The van der Waals surface area contributed by atoms with Gasteiger partial charge in [0.1, 0.15) is 13.0 Å². The number of fused-ring (bicyclic) bond motifs is 1. The van der Waals surface area contributed by atoms with E-state index in [1.54, 1.807) is 6.20 Å². The quantitative estimate of drug-likeness (QED) is 0.527. The Morgan fingerprint density at radius 1 is 1.10 bits per heavy atom. The Morgan fingerprint density at radius 3 is 2.47 bits per heavy atom. The molecule has 156 valence electrons. The third-order valence-electron chi connectivity index (χ3n) is 4.26. The molecule has 30 heavy (non-hydrogen) atoms. The van der Waals surface area contributed by atoms with E-state index in [1.807, 2.05) is 76.1 Å². The molecular weight excluding hydrogens is 380 g/mol. The van der Waals surface area contributed by atoms with Crippen molar-refractivity contribution in [2.24, 2.45) is 0 Å². The Hall–Kier alpha value is -3.78. The summed E-state index contributed by atoms with van der Waals surface area (Å²) in [6.07, 6.45) is 1.20. The fraction of sp³-hybridized carbons (Fsp3) is 0.182. The number of carbonyl (C=O) groups is 2. The lowest BCUT2D eigenvalue weighted by atomic mass is 10.1. The van der Waals surface area contributed by atoms with Crippen molar-refractivity contribution in [2.75, 3.05) is 11.2 Å². The summed E-state index contributed by atoms with van der Waals surface area (Å²) in [4.78, 5) is 29.3. The first-order valence-electron chi connectivity index (χ1n) is 9.51. The second-order valence-electron chi connectivity index (χ2n) is 6.12. The SMILES string of the molecule is C=O.CC.Cc1ccc(-c2cnc(N)c(C(=O)NC3NNc4ccccc43)n2)cc1. The number of carbonyl (C=O) groups excluding carboxylic acids is 2. The van der Waals surface area contributed by atoms with Crippen LogP contribution in [0.2, 0.25) is 0 Å². The molecule has 1 atom stereocenters. The van der Waals surface area contributed by atoms with Crippen LogP contribution in [0.15, 0.2) is 54.7 Å². The molecule has 1 aliphatic rings. The molecule has 0 spiro atoms. The lowest BCUT2D eigenvalue weighted by Crippen LogP contribution is -2.37. The van der Waals surface area contributed by atoms with Gasteiger partial charge in [0.05, 0.1) is 17.6 Å². The van der Waals surface area contributed by atoms with Gasteiger partial charge in [0.2, 0.25) is 0 Å². The zero-order valence-electron chi connectivity index (χ0n) is 17.3. The van der Waals surface area contributed by atoms with Crippen LogP contribution in [0.25, 0.3) is 11.3 Å². The van der Waals surface area contributed by atoms with Crippen LogP contribution in [0.5, 0.6) is 0 Å². The summed E-state index contributed by atoms with van der Waals surface area (Å²) >= 11 is 0. The van der Waals surface area contributed by atoms with E-state index >= 15 is 0 Å². The number of nitrogens with two attached hydrogens (primary N) is 1. The number of amides is 1. The third kappa shape index (κ3) is 4.98. The average Bonchev–Trinajstić information content (AvgIpc) is 3.20. The molecule has 5 N–H and O–H groups in total. The number of hydrazine groups is 1. The van der Waals surface area contributed by atoms with Gasteiger partial charge in [-0.2, -0.15) is 0 Å². The van der Waals surface area contributed by atoms with Gasteiger partial charge in [-0.15, -0.1) is 0 Å². The molecule has 0 saturated heterocycles. The molecule has 2 heterocycles. The van der Waals surface area contributed by atoms with E-state index in [9.17, 15) is 4.79 Å². The first-order valence-corrected chi connectivity index (χ1v) is 9.51.